The normalized spacial score (nSPS) is 11.0. The van der Waals surface area contributed by atoms with E-state index in [4.69, 9.17) is 0 Å². The van der Waals surface area contributed by atoms with E-state index >= 15 is 4.39 Å². The number of rotatable bonds is 5. The summed E-state index contributed by atoms with van der Waals surface area (Å²) in [7, 11) is 0. The van der Waals surface area contributed by atoms with Crippen molar-refractivity contribution < 1.29 is 4.39 Å². The monoisotopic (exact) mass is 532 g/mol. The summed E-state index contributed by atoms with van der Waals surface area (Å²) in [6, 6.07) is 37.7. The molecule has 6 aromatic carbocycles. The van der Waals surface area contributed by atoms with Gasteiger partial charge in [-0.25, -0.2) is 4.39 Å². The molecule has 0 amide bonds. The van der Waals surface area contributed by atoms with Crippen LogP contribution in [0.3, 0.4) is 0 Å². The van der Waals surface area contributed by atoms with Crippen molar-refractivity contribution in [3.63, 3.8) is 0 Å². The van der Waals surface area contributed by atoms with Gasteiger partial charge in [0.25, 0.3) is 0 Å². The molecule has 0 aliphatic rings. The predicted octanol–water partition coefficient (Wildman–Crippen LogP) is 10.8. The molecule has 0 saturated heterocycles. The molecule has 0 atom stereocenters. The Balaban J connectivity index is 1.26. The molecule has 0 aromatic heterocycles. The third-order valence-corrected chi connectivity index (χ3v) is 7.91. The summed E-state index contributed by atoms with van der Waals surface area (Å²) in [4.78, 5) is 0. The maximum absolute atomic E-state index is 15.4. The summed E-state index contributed by atoms with van der Waals surface area (Å²) >= 11 is 0. The van der Waals surface area contributed by atoms with Gasteiger partial charge in [-0.3, -0.25) is 0 Å². The van der Waals surface area contributed by atoms with Gasteiger partial charge in [0.05, 0.1) is 0 Å². The first-order valence-corrected chi connectivity index (χ1v) is 14.4. The first-order valence-electron chi connectivity index (χ1n) is 14.4. The Kier molecular flexibility index (Phi) is 7.41. The van der Waals surface area contributed by atoms with Gasteiger partial charge in [0, 0.05) is 16.7 Å². The SMILES string of the molecule is CCCCc1ccc(C#Cc2cc(F)c(-c3ccc4cc(-c5ccc6cc(C)ccc6c5)ccc4c3)cc2C)cc1. The van der Waals surface area contributed by atoms with Crippen LogP contribution >= 0.6 is 0 Å². The van der Waals surface area contributed by atoms with Crippen LogP contribution in [0, 0.1) is 31.5 Å². The van der Waals surface area contributed by atoms with Crippen molar-refractivity contribution in [3.8, 4) is 34.1 Å². The molecule has 0 bridgehead atoms. The zero-order valence-corrected chi connectivity index (χ0v) is 23.9. The Morgan fingerprint density at radius 1 is 0.585 bits per heavy atom. The van der Waals surface area contributed by atoms with Crippen LogP contribution in [0.1, 0.15) is 47.6 Å². The smallest absolute Gasteiger partial charge is 0.132 e. The van der Waals surface area contributed by atoms with Crippen molar-refractivity contribution in [1.82, 2.24) is 0 Å². The van der Waals surface area contributed by atoms with E-state index < -0.39 is 0 Å². The first-order chi connectivity index (χ1) is 20.0. The second-order valence-electron chi connectivity index (χ2n) is 11.0. The van der Waals surface area contributed by atoms with Crippen molar-refractivity contribution in [3.05, 3.63) is 143 Å². The highest BCUT2D eigenvalue weighted by molar-refractivity contribution is 5.93. The van der Waals surface area contributed by atoms with Crippen LogP contribution in [-0.2, 0) is 6.42 Å². The van der Waals surface area contributed by atoms with Gasteiger partial charge in [-0.05, 0) is 119 Å². The lowest BCUT2D eigenvalue weighted by atomic mass is 9.95. The van der Waals surface area contributed by atoms with Crippen LogP contribution < -0.4 is 0 Å². The number of benzene rings is 6. The zero-order valence-electron chi connectivity index (χ0n) is 23.9. The molecule has 0 nitrogen and oxygen atoms in total. The molecule has 0 aliphatic heterocycles. The first kappa shape index (κ1) is 26.5. The number of fused-ring (bicyclic) bond motifs is 2. The molecule has 0 radical (unpaired) electrons. The van der Waals surface area contributed by atoms with E-state index in [2.05, 4.69) is 117 Å². The van der Waals surface area contributed by atoms with E-state index in [1.165, 1.54) is 45.9 Å². The van der Waals surface area contributed by atoms with Crippen LogP contribution in [0.15, 0.2) is 109 Å². The lowest BCUT2D eigenvalue weighted by Crippen LogP contribution is -1.91. The van der Waals surface area contributed by atoms with Crippen molar-refractivity contribution in [1.29, 1.82) is 0 Å². The fourth-order valence-electron chi connectivity index (χ4n) is 5.45. The molecule has 200 valence electrons. The summed E-state index contributed by atoms with van der Waals surface area (Å²) in [6.45, 7) is 6.32. The van der Waals surface area contributed by atoms with Gasteiger partial charge in [-0.1, -0.05) is 97.5 Å². The number of unbranched alkanes of at least 4 members (excludes halogenated alkanes) is 1. The van der Waals surface area contributed by atoms with E-state index in [1.807, 2.05) is 19.1 Å². The van der Waals surface area contributed by atoms with Gasteiger partial charge in [0.2, 0.25) is 0 Å². The Morgan fingerprint density at radius 3 is 1.83 bits per heavy atom. The van der Waals surface area contributed by atoms with Gasteiger partial charge in [-0.2, -0.15) is 0 Å². The zero-order chi connectivity index (χ0) is 28.3. The molecule has 41 heavy (non-hydrogen) atoms. The van der Waals surface area contributed by atoms with E-state index in [9.17, 15) is 0 Å². The highest BCUT2D eigenvalue weighted by Crippen LogP contribution is 2.32. The molecule has 0 saturated carbocycles. The fourth-order valence-corrected chi connectivity index (χ4v) is 5.45. The quantitative estimate of drug-likeness (QED) is 0.194. The second-order valence-corrected chi connectivity index (χ2v) is 11.0. The predicted molar refractivity (Wildman–Crippen MR) is 173 cm³/mol. The molecule has 0 unspecified atom stereocenters. The molecular formula is C40H33F. The average Bonchev–Trinajstić information content (AvgIpc) is 3.00. The summed E-state index contributed by atoms with van der Waals surface area (Å²) in [6.07, 6.45) is 3.48. The van der Waals surface area contributed by atoms with E-state index in [1.54, 1.807) is 6.07 Å². The Morgan fingerprint density at radius 2 is 1.17 bits per heavy atom. The fraction of sp³-hybridized carbons (Fsp3) is 0.150. The van der Waals surface area contributed by atoms with Crippen LogP contribution in [0.4, 0.5) is 4.39 Å². The number of hydrogen-bond donors (Lipinski definition) is 0. The molecule has 0 heterocycles. The topological polar surface area (TPSA) is 0 Å². The third-order valence-electron chi connectivity index (χ3n) is 7.91. The van der Waals surface area contributed by atoms with Gasteiger partial charge in [0.1, 0.15) is 5.82 Å². The van der Waals surface area contributed by atoms with Crippen LogP contribution in [0.5, 0.6) is 0 Å². The minimum absolute atomic E-state index is 0.253. The summed E-state index contributed by atoms with van der Waals surface area (Å²) in [5.41, 5.74) is 9.07. The van der Waals surface area contributed by atoms with Crippen molar-refractivity contribution >= 4 is 21.5 Å². The third kappa shape index (κ3) is 5.79. The average molecular weight is 533 g/mol. The maximum atomic E-state index is 15.4. The van der Waals surface area contributed by atoms with Gasteiger partial charge in [0.15, 0.2) is 0 Å². The van der Waals surface area contributed by atoms with Crippen molar-refractivity contribution in [2.75, 3.05) is 0 Å². The van der Waals surface area contributed by atoms with Gasteiger partial charge in [-0.15, -0.1) is 0 Å². The number of hydrogen-bond acceptors (Lipinski definition) is 0. The second kappa shape index (κ2) is 11.4. The Hall–Kier alpha value is -4.67. The van der Waals surface area contributed by atoms with Crippen LogP contribution in [0.25, 0.3) is 43.8 Å². The molecule has 6 aromatic rings. The number of aryl methyl sites for hydroxylation is 3. The van der Waals surface area contributed by atoms with E-state index in [0.29, 0.717) is 5.56 Å². The highest BCUT2D eigenvalue weighted by atomic mass is 19.1. The lowest BCUT2D eigenvalue weighted by Gasteiger charge is -2.10. The molecule has 0 spiro atoms. The lowest BCUT2D eigenvalue weighted by molar-refractivity contribution is 0.630. The molecule has 0 fully saturated rings. The van der Waals surface area contributed by atoms with E-state index in [0.717, 1.165) is 39.4 Å². The largest absolute Gasteiger partial charge is 0.206 e. The maximum Gasteiger partial charge on any atom is 0.132 e. The minimum Gasteiger partial charge on any atom is -0.206 e. The van der Waals surface area contributed by atoms with Crippen LogP contribution in [0.2, 0.25) is 0 Å². The van der Waals surface area contributed by atoms with E-state index in [-0.39, 0.29) is 5.82 Å². The molecule has 1 heteroatoms. The van der Waals surface area contributed by atoms with Crippen molar-refractivity contribution in [2.45, 2.75) is 40.0 Å². The minimum atomic E-state index is -0.253. The summed E-state index contributed by atoms with van der Waals surface area (Å²) in [5, 5.41) is 4.72. The van der Waals surface area contributed by atoms with Crippen LogP contribution in [-0.4, -0.2) is 0 Å². The van der Waals surface area contributed by atoms with Gasteiger partial charge >= 0.3 is 0 Å². The standard InChI is InChI=1S/C40H33F/c1-4-5-6-29-8-10-30(11-9-29)12-14-31-26-40(41)39(22-28(31)3)38-20-19-36-24-35(17-18-37(36)25-38)34-16-15-32-21-27(2)7-13-33(32)23-34/h7-11,13,15-26H,4-6H2,1-3H3. The molecule has 6 rings (SSSR count). The summed E-state index contributed by atoms with van der Waals surface area (Å²) in [5.74, 6) is 6.14. The Bertz CT molecular complexity index is 1950. The molecule has 0 N–H and O–H groups in total. The molecule has 0 aliphatic carbocycles. The van der Waals surface area contributed by atoms with Gasteiger partial charge < -0.3 is 0 Å². The molecular weight excluding hydrogens is 499 g/mol. The Labute approximate surface area is 242 Å². The highest BCUT2D eigenvalue weighted by Gasteiger charge is 2.10. The van der Waals surface area contributed by atoms with Crippen molar-refractivity contribution in [2.24, 2.45) is 0 Å². The number of halogens is 1. The summed E-state index contributed by atoms with van der Waals surface area (Å²) < 4.78 is 15.4.